The minimum Gasteiger partial charge on any atom is -0.469 e. The van der Waals surface area contributed by atoms with Crippen LogP contribution in [-0.2, 0) is 11.2 Å². The standard InChI is InChI=1S/C14H17NO3/c1-10-5-7-13(18-10)11(2)15-14(16)8-6-12-4-3-9-17-12/h3-5,7,9,11H,6,8H2,1-2H3,(H,15,16)/t11-/m0/s1. The molecule has 0 aromatic carbocycles. The van der Waals surface area contributed by atoms with Gasteiger partial charge in [0.1, 0.15) is 17.3 Å². The number of carbonyl (C=O) groups excluding carboxylic acids is 1. The van der Waals surface area contributed by atoms with E-state index >= 15 is 0 Å². The molecule has 0 spiro atoms. The first-order valence-corrected chi connectivity index (χ1v) is 6.03. The molecule has 0 saturated carbocycles. The van der Waals surface area contributed by atoms with Crippen LogP contribution in [0.3, 0.4) is 0 Å². The second kappa shape index (κ2) is 5.58. The molecule has 0 bridgehead atoms. The summed E-state index contributed by atoms with van der Waals surface area (Å²) in [5.74, 6) is 2.44. The number of nitrogens with one attached hydrogen (secondary N) is 1. The van der Waals surface area contributed by atoms with Gasteiger partial charge in [-0.25, -0.2) is 0 Å². The summed E-state index contributed by atoms with van der Waals surface area (Å²) in [6, 6.07) is 7.35. The van der Waals surface area contributed by atoms with Gasteiger partial charge in [-0.05, 0) is 38.1 Å². The van der Waals surface area contributed by atoms with Gasteiger partial charge >= 0.3 is 0 Å². The Morgan fingerprint density at radius 1 is 1.39 bits per heavy atom. The van der Waals surface area contributed by atoms with Gasteiger partial charge in [0.25, 0.3) is 0 Å². The SMILES string of the molecule is Cc1ccc([C@H](C)NC(=O)CCc2ccco2)o1. The molecule has 0 radical (unpaired) electrons. The number of aryl methyl sites for hydroxylation is 2. The maximum Gasteiger partial charge on any atom is 0.221 e. The lowest BCUT2D eigenvalue weighted by Gasteiger charge is -2.10. The summed E-state index contributed by atoms with van der Waals surface area (Å²) in [4.78, 5) is 11.7. The number of hydrogen-bond acceptors (Lipinski definition) is 3. The minimum absolute atomic E-state index is 0.00652. The van der Waals surface area contributed by atoms with Crippen LogP contribution in [0.2, 0.25) is 0 Å². The number of hydrogen-bond donors (Lipinski definition) is 1. The molecule has 4 heteroatoms. The normalized spacial score (nSPS) is 12.3. The highest BCUT2D eigenvalue weighted by molar-refractivity contribution is 5.76. The molecule has 0 unspecified atom stereocenters. The van der Waals surface area contributed by atoms with Crippen LogP contribution in [0.4, 0.5) is 0 Å². The van der Waals surface area contributed by atoms with Gasteiger partial charge in [0.05, 0.1) is 12.3 Å². The molecule has 1 amide bonds. The predicted octanol–water partition coefficient (Wildman–Crippen LogP) is 2.99. The van der Waals surface area contributed by atoms with Crippen LogP contribution >= 0.6 is 0 Å². The first-order chi connectivity index (χ1) is 8.65. The number of amides is 1. The van der Waals surface area contributed by atoms with Crippen LogP contribution in [0.5, 0.6) is 0 Å². The summed E-state index contributed by atoms with van der Waals surface area (Å²) in [7, 11) is 0. The highest BCUT2D eigenvalue weighted by Crippen LogP contribution is 2.15. The van der Waals surface area contributed by atoms with E-state index in [1.165, 1.54) is 0 Å². The van der Waals surface area contributed by atoms with Crippen molar-refractivity contribution in [3.05, 3.63) is 47.8 Å². The summed E-state index contributed by atoms with van der Waals surface area (Å²) < 4.78 is 10.6. The quantitative estimate of drug-likeness (QED) is 0.883. The van der Waals surface area contributed by atoms with E-state index in [0.29, 0.717) is 12.8 Å². The molecule has 2 heterocycles. The van der Waals surface area contributed by atoms with Crippen molar-refractivity contribution in [1.29, 1.82) is 0 Å². The molecule has 2 aromatic heterocycles. The van der Waals surface area contributed by atoms with Crippen molar-refractivity contribution in [3.8, 4) is 0 Å². The van der Waals surface area contributed by atoms with Crippen molar-refractivity contribution < 1.29 is 13.6 Å². The third kappa shape index (κ3) is 3.26. The van der Waals surface area contributed by atoms with Crippen LogP contribution in [0.25, 0.3) is 0 Å². The molecule has 0 aliphatic carbocycles. The molecule has 0 aliphatic heterocycles. The summed E-state index contributed by atoms with van der Waals surface area (Å²) in [6.45, 7) is 3.79. The molecule has 2 rings (SSSR count). The lowest BCUT2D eigenvalue weighted by Crippen LogP contribution is -2.26. The molecule has 0 aliphatic rings. The van der Waals surface area contributed by atoms with Crippen molar-refractivity contribution in [2.75, 3.05) is 0 Å². The summed E-state index contributed by atoms with van der Waals surface area (Å²) >= 11 is 0. The fraction of sp³-hybridized carbons (Fsp3) is 0.357. The second-order valence-electron chi connectivity index (χ2n) is 4.32. The monoisotopic (exact) mass is 247 g/mol. The van der Waals surface area contributed by atoms with Gasteiger partial charge in [-0.3, -0.25) is 4.79 Å². The van der Waals surface area contributed by atoms with Crippen molar-refractivity contribution in [1.82, 2.24) is 5.32 Å². The van der Waals surface area contributed by atoms with Crippen LogP contribution < -0.4 is 5.32 Å². The first kappa shape index (κ1) is 12.5. The third-order valence-electron chi connectivity index (χ3n) is 2.74. The number of furan rings is 2. The van der Waals surface area contributed by atoms with Crippen molar-refractivity contribution in [2.24, 2.45) is 0 Å². The Morgan fingerprint density at radius 2 is 2.22 bits per heavy atom. The van der Waals surface area contributed by atoms with Crippen LogP contribution in [-0.4, -0.2) is 5.91 Å². The molecular weight excluding hydrogens is 230 g/mol. The third-order valence-corrected chi connectivity index (χ3v) is 2.74. The van der Waals surface area contributed by atoms with Gasteiger partial charge in [0.15, 0.2) is 0 Å². The van der Waals surface area contributed by atoms with Crippen molar-refractivity contribution in [3.63, 3.8) is 0 Å². The van der Waals surface area contributed by atoms with E-state index < -0.39 is 0 Å². The van der Waals surface area contributed by atoms with Crippen LogP contribution in [0.1, 0.15) is 36.7 Å². The Labute approximate surface area is 106 Å². The van der Waals surface area contributed by atoms with Gasteiger partial charge in [-0.1, -0.05) is 0 Å². The fourth-order valence-corrected chi connectivity index (χ4v) is 1.76. The second-order valence-corrected chi connectivity index (χ2v) is 4.32. The zero-order chi connectivity index (χ0) is 13.0. The van der Waals surface area contributed by atoms with Crippen LogP contribution in [0.15, 0.2) is 39.4 Å². The molecule has 18 heavy (non-hydrogen) atoms. The molecule has 1 N–H and O–H groups in total. The largest absolute Gasteiger partial charge is 0.469 e. The predicted molar refractivity (Wildman–Crippen MR) is 67.0 cm³/mol. The molecule has 96 valence electrons. The lowest BCUT2D eigenvalue weighted by molar-refractivity contribution is -0.121. The van der Waals surface area contributed by atoms with E-state index in [-0.39, 0.29) is 11.9 Å². The molecule has 4 nitrogen and oxygen atoms in total. The molecule has 0 fully saturated rings. The van der Waals surface area contributed by atoms with E-state index in [2.05, 4.69) is 5.32 Å². The van der Waals surface area contributed by atoms with Gasteiger partial charge < -0.3 is 14.2 Å². The fourth-order valence-electron chi connectivity index (χ4n) is 1.76. The molecule has 2 aromatic rings. The van der Waals surface area contributed by atoms with E-state index in [4.69, 9.17) is 8.83 Å². The highest BCUT2D eigenvalue weighted by atomic mass is 16.3. The zero-order valence-electron chi connectivity index (χ0n) is 10.6. The average Bonchev–Trinajstić information content (AvgIpc) is 2.97. The van der Waals surface area contributed by atoms with Gasteiger partial charge in [0, 0.05) is 12.8 Å². The zero-order valence-corrected chi connectivity index (χ0v) is 10.6. The topological polar surface area (TPSA) is 55.4 Å². The summed E-state index contributed by atoms with van der Waals surface area (Å²) in [5, 5.41) is 2.90. The average molecular weight is 247 g/mol. The summed E-state index contributed by atoms with van der Waals surface area (Å²) in [6.07, 6.45) is 2.64. The Balaban J connectivity index is 1.80. The molecule has 0 saturated heterocycles. The molecule has 1 atom stereocenters. The Hall–Kier alpha value is -1.97. The maximum atomic E-state index is 11.7. The highest BCUT2D eigenvalue weighted by Gasteiger charge is 2.12. The van der Waals surface area contributed by atoms with E-state index in [1.807, 2.05) is 38.1 Å². The number of carbonyl (C=O) groups is 1. The van der Waals surface area contributed by atoms with Crippen LogP contribution in [0, 0.1) is 6.92 Å². The van der Waals surface area contributed by atoms with E-state index in [9.17, 15) is 4.79 Å². The van der Waals surface area contributed by atoms with Gasteiger partial charge in [-0.15, -0.1) is 0 Å². The minimum atomic E-state index is -0.109. The number of rotatable bonds is 5. The molecular formula is C14H17NO3. The van der Waals surface area contributed by atoms with E-state index in [1.54, 1.807) is 6.26 Å². The first-order valence-electron chi connectivity index (χ1n) is 6.03. The summed E-state index contributed by atoms with van der Waals surface area (Å²) in [5.41, 5.74) is 0. The smallest absolute Gasteiger partial charge is 0.221 e. The Morgan fingerprint density at radius 3 is 2.83 bits per heavy atom. The Kier molecular flexibility index (Phi) is 3.87. The van der Waals surface area contributed by atoms with Gasteiger partial charge in [-0.2, -0.15) is 0 Å². The van der Waals surface area contributed by atoms with E-state index in [0.717, 1.165) is 17.3 Å². The van der Waals surface area contributed by atoms with Crippen molar-refractivity contribution in [2.45, 2.75) is 32.7 Å². The maximum absolute atomic E-state index is 11.7. The lowest BCUT2D eigenvalue weighted by atomic mass is 10.2. The Bertz CT molecular complexity index is 499. The van der Waals surface area contributed by atoms with Crippen molar-refractivity contribution >= 4 is 5.91 Å². The van der Waals surface area contributed by atoms with Gasteiger partial charge in [0.2, 0.25) is 5.91 Å².